The van der Waals surface area contributed by atoms with Gasteiger partial charge in [-0.05, 0) is 18.6 Å². The van der Waals surface area contributed by atoms with Crippen molar-refractivity contribution in [2.45, 2.75) is 19.4 Å². The molecule has 0 aliphatic heterocycles. The molecule has 0 spiro atoms. The summed E-state index contributed by atoms with van der Waals surface area (Å²) in [7, 11) is 0. The Morgan fingerprint density at radius 3 is 3.06 bits per heavy atom. The molecule has 0 saturated heterocycles. The molecule has 88 valence electrons. The van der Waals surface area contributed by atoms with Gasteiger partial charge in [-0.3, -0.25) is 9.78 Å². The number of nitrogens with zero attached hydrogens (tertiary/aromatic N) is 3. The number of aryl methyl sites for hydroxylation is 1. The highest BCUT2D eigenvalue weighted by atomic mass is 16.1. The SMILES string of the molecule is NC(=O)CCCn1cnc(-c2cccnc2)c1. The monoisotopic (exact) mass is 230 g/mol. The van der Waals surface area contributed by atoms with Crippen molar-refractivity contribution in [3.63, 3.8) is 0 Å². The van der Waals surface area contributed by atoms with Gasteiger partial charge in [0.15, 0.2) is 0 Å². The number of pyridine rings is 1. The van der Waals surface area contributed by atoms with Crippen molar-refractivity contribution >= 4 is 5.91 Å². The molecule has 0 fully saturated rings. The standard InChI is InChI=1S/C12H14N4O/c13-12(17)4-2-6-16-8-11(15-9-16)10-3-1-5-14-7-10/h1,3,5,7-9H,2,4,6H2,(H2,13,17). The number of hydrogen-bond donors (Lipinski definition) is 1. The van der Waals surface area contributed by atoms with Crippen LogP contribution in [0.25, 0.3) is 11.3 Å². The summed E-state index contributed by atoms with van der Waals surface area (Å²) >= 11 is 0. The van der Waals surface area contributed by atoms with E-state index in [1.807, 2.05) is 22.9 Å². The molecule has 5 heteroatoms. The summed E-state index contributed by atoms with van der Waals surface area (Å²) in [6.07, 6.45) is 8.34. The fourth-order valence-corrected chi connectivity index (χ4v) is 1.58. The minimum atomic E-state index is -0.266. The van der Waals surface area contributed by atoms with Gasteiger partial charge in [-0.15, -0.1) is 0 Å². The minimum absolute atomic E-state index is 0.266. The first-order valence-electron chi connectivity index (χ1n) is 5.46. The van der Waals surface area contributed by atoms with Crippen LogP contribution in [0.1, 0.15) is 12.8 Å². The minimum Gasteiger partial charge on any atom is -0.370 e. The first kappa shape index (κ1) is 11.3. The van der Waals surface area contributed by atoms with Gasteiger partial charge in [-0.25, -0.2) is 4.98 Å². The van der Waals surface area contributed by atoms with Gasteiger partial charge in [0.1, 0.15) is 0 Å². The van der Waals surface area contributed by atoms with Crippen LogP contribution in [0.2, 0.25) is 0 Å². The van der Waals surface area contributed by atoms with Gasteiger partial charge >= 0.3 is 0 Å². The largest absolute Gasteiger partial charge is 0.370 e. The lowest BCUT2D eigenvalue weighted by Crippen LogP contribution is -2.11. The van der Waals surface area contributed by atoms with Crippen molar-refractivity contribution in [1.29, 1.82) is 0 Å². The molecule has 0 radical (unpaired) electrons. The van der Waals surface area contributed by atoms with E-state index in [-0.39, 0.29) is 5.91 Å². The van der Waals surface area contributed by atoms with Crippen LogP contribution in [0.5, 0.6) is 0 Å². The van der Waals surface area contributed by atoms with E-state index in [2.05, 4.69) is 9.97 Å². The maximum atomic E-state index is 10.6. The molecule has 1 amide bonds. The topological polar surface area (TPSA) is 73.8 Å². The number of hydrogen-bond acceptors (Lipinski definition) is 3. The Hall–Kier alpha value is -2.17. The molecule has 0 unspecified atom stereocenters. The number of carbonyl (C=O) groups is 1. The van der Waals surface area contributed by atoms with Gasteiger partial charge < -0.3 is 10.3 Å². The van der Waals surface area contributed by atoms with Crippen molar-refractivity contribution in [2.75, 3.05) is 0 Å². The lowest BCUT2D eigenvalue weighted by Gasteiger charge is -1.99. The normalized spacial score (nSPS) is 10.4. The Morgan fingerprint density at radius 1 is 1.47 bits per heavy atom. The van der Waals surface area contributed by atoms with E-state index in [9.17, 15) is 4.79 Å². The Labute approximate surface area is 99.3 Å². The van der Waals surface area contributed by atoms with Crippen molar-refractivity contribution in [2.24, 2.45) is 5.73 Å². The molecule has 17 heavy (non-hydrogen) atoms. The summed E-state index contributed by atoms with van der Waals surface area (Å²) in [6.45, 7) is 0.746. The quantitative estimate of drug-likeness (QED) is 0.839. The Bertz CT molecular complexity index is 492. The van der Waals surface area contributed by atoms with Crippen LogP contribution in [0, 0.1) is 0 Å². The van der Waals surface area contributed by atoms with Gasteiger partial charge in [0.05, 0.1) is 12.0 Å². The second-order valence-electron chi connectivity index (χ2n) is 3.81. The van der Waals surface area contributed by atoms with Crippen molar-refractivity contribution in [1.82, 2.24) is 14.5 Å². The summed E-state index contributed by atoms with van der Waals surface area (Å²) in [5.41, 5.74) is 6.95. The third kappa shape index (κ3) is 3.14. The van der Waals surface area contributed by atoms with Gasteiger partial charge in [0.25, 0.3) is 0 Å². The van der Waals surface area contributed by atoms with Gasteiger partial charge in [0, 0.05) is 37.1 Å². The summed E-state index contributed by atoms with van der Waals surface area (Å²) in [6, 6.07) is 3.84. The molecule has 0 aliphatic rings. The molecule has 0 aliphatic carbocycles. The molecule has 2 heterocycles. The number of aromatic nitrogens is 3. The Morgan fingerprint density at radius 2 is 2.35 bits per heavy atom. The van der Waals surface area contributed by atoms with Crippen molar-refractivity contribution < 1.29 is 4.79 Å². The number of nitrogens with two attached hydrogens (primary N) is 1. The molecule has 0 aromatic carbocycles. The highest BCUT2D eigenvalue weighted by molar-refractivity contribution is 5.73. The highest BCUT2D eigenvalue weighted by Gasteiger charge is 2.02. The average molecular weight is 230 g/mol. The molecular formula is C12H14N4O. The van der Waals surface area contributed by atoms with Gasteiger partial charge in [0.2, 0.25) is 5.91 Å². The van der Waals surface area contributed by atoms with Gasteiger partial charge in [-0.2, -0.15) is 0 Å². The van der Waals surface area contributed by atoms with E-state index < -0.39 is 0 Å². The number of rotatable bonds is 5. The molecule has 2 aromatic rings. The predicted molar refractivity (Wildman–Crippen MR) is 63.9 cm³/mol. The van der Waals surface area contributed by atoms with Crippen LogP contribution in [-0.2, 0) is 11.3 Å². The third-order valence-corrected chi connectivity index (χ3v) is 2.43. The molecule has 0 atom stereocenters. The molecule has 2 N–H and O–H groups in total. The van der Waals surface area contributed by atoms with Crippen LogP contribution in [0.3, 0.4) is 0 Å². The molecule has 0 bridgehead atoms. The number of amides is 1. The van der Waals surface area contributed by atoms with Crippen molar-refractivity contribution in [3.05, 3.63) is 37.1 Å². The maximum absolute atomic E-state index is 10.6. The molecule has 5 nitrogen and oxygen atoms in total. The summed E-state index contributed by atoms with van der Waals surface area (Å²) < 4.78 is 1.95. The van der Waals surface area contributed by atoms with Crippen LogP contribution in [0.4, 0.5) is 0 Å². The second-order valence-corrected chi connectivity index (χ2v) is 3.81. The molecule has 2 rings (SSSR count). The number of primary amides is 1. The zero-order chi connectivity index (χ0) is 12.1. The molecule has 0 saturated carbocycles. The first-order valence-corrected chi connectivity index (χ1v) is 5.46. The predicted octanol–water partition coefficient (Wildman–Crippen LogP) is 1.21. The third-order valence-electron chi connectivity index (χ3n) is 2.43. The van der Waals surface area contributed by atoms with E-state index in [0.717, 1.165) is 24.2 Å². The molecule has 2 aromatic heterocycles. The highest BCUT2D eigenvalue weighted by Crippen LogP contribution is 2.14. The van der Waals surface area contributed by atoms with Crippen LogP contribution in [-0.4, -0.2) is 20.4 Å². The van der Waals surface area contributed by atoms with Crippen LogP contribution >= 0.6 is 0 Å². The van der Waals surface area contributed by atoms with E-state index >= 15 is 0 Å². The zero-order valence-electron chi connectivity index (χ0n) is 9.41. The Kier molecular flexibility index (Phi) is 3.49. The van der Waals surface area contributed by atoms with Crippen LogP contribution in [0.15, 0.2) is 37.1 Å². The lowest BCUT2D eigenvalue weighted by molar-refractivity contribution is -0.118. The average Bonchev–Trinajstić information content (AvgIpc) is 2.78. The smallest absolute Gasteiger partial charge is 0.217 e. The summed E-state index contributed by atoms with van der Waals surface area (Å²) in [5, 5.41) is 0. The van der Waals surface area contributed by atoms with E-state index in [0.29, 0.717) is 6.42 Å². The van der Waals surface area contributed by atoms with Crippen LogP contribution < -0.4 is 5.73 Å². The summed E-state index contributed by atoms with van der Waals surface area (Å²) in [5.74, 6) is -0.266. The maximum Gasteiger partial charge on any atom is 0.217 e. The van der Waals surface area contributed by atoms with E-state index in [1.54, 1.807) is 18.7 Å². The zero-order valence-corrected chi connectivity index (χ0v) is 9.41. The molecular weight excluding hydrogens is 216 g/mol. The summed E-state index contributed by atoms with van der Waals surface area (Å²) in [4.78, 5) is 18.9. The first-order chi connectivity index (χ1) is 8.25. The van der Waals surface area contributed by atoms with E-state index in [4.69, 9.17) is 5.73 Å². The Balaban J connectivity index is 1.99. The van der Waals surface area contributed by atoms with Crippen molar-refractivity contribution in [3.8, 4) is 11.3 Å². The lowest BCUT2D eigenvalue weighted by atomic mass is 10.2. The fourth-order valence-electron chi connectivity index (χ4n) is 1.58. The number of carbonyl (C=O) groups excluding carboxylic acids is 1. The van der Waals surface area contributed by atoms with E-state index in [1.165, 1.54) is 0 Å². The second kappa shape index (κ2) is 5.25. The number of imidazole rings is 1. The fraction of sp³-hybridized carbons (Fsp3) is 0.250. The van der Waals surface area contributed by atoms with Gasteiger partial charge in [-0.1, -0.05) is 0 Å².